The number of hydrogen-bond acceptors (Lipinski definition) is 3. The van der Waals surface area contributed by atoms with Gasteiger partial charge in [0.05, 0.1) is 10.8 Å². The average molecular weight is 268 g/mol. The van der Waals surface area contributed by atoms with E-state index in [1.54, 1.807) is 0 Å². The molecule has 0 spiro atoms. The topological polar surface area (TPSA) is 60.2 Å². The van der Waals surface area contributed by atoms with Gasteiger partial charge in [-0.3, -0.25) is 14.9 Å². The van der Waals surface area contributed by atoms with Gasteiger partial charge in [-0.1, -0.05) is 23.2 Å². The summed E-state index contributed by atoms with van der Waals surface area (Å²) in [6.07, 6.45) is 0. The molecule has 7 heteroatoms. The van der Waals surface area contributed by atoms with E-state index in [4.69, 9.17) is 34.8 Å². The van der Waals surface area contributed by atoms with Crippen molar-refractivity contribution in [3.63, 3.8) is 0 Å². The molecule has 1 rings (SSSR count). The summed E-state index contributed by atoms with van der Waals surface area (Å²) in [6.45, 7) is 0. The van der Waals surface area contributed by atoms with Crippen molar-refractivity contribution in [3.05, 3.63) is 37.9 Å². The fourth-order valence-electron chi connectivity index (χ4n) is 0.996. The van der Waals surface area contributed by atoms with Gasteiger partial charge >= 0.3 is 5.69 Å². The highest BCUT2D eigenvalue weighted by Crippen LogP contribution is 2.35. The number of carbonyl (C=O) groups excluding carboxylic acids is 1. The van der Waals surface area contributed by atoms with Crippen LogP contribution in [0.15, 0.2) is 12.1 Å². The van der Waals surface area contributed by atoms with E-state index >= 15 is 0 Å². The predicted molar refractivity (Wildman–Crippen MR) is 58.2 cm³/mol. The molecule has 1 aromatic carbocycles. The lowest BCUT2D eigenvalue weighted by Crippen LogP contribution is -2.03. The van der Waals surface area contributed by atoms with Crippen molar-refractivity contribution in [2.45, 2.75) is 0 Å². The zero-order valence-electron chi connectivity index (χ0n) is 7.17. The van der Waals surface area contributed by atoms with E-state index in [1.807, 2.05) is 0 Å². The fourth-order valence-corrected chi connectivity index (χ4v) is 1.75. The Morgan fingerprint density at radius 2 is 2.00 bits per heavy atom. The Hall–Kier alpha value is -0.840. The summed E-state index contributed by atoms with van der Waals surface area (Å²) in [4.78, 5) is 21.1. The maximum Gasteiger partial charge on any atom is 0.307 e. The molecule has 0 saturated carbocycles. The maximum absolute atomic E-state index is 11.2. The van der Waals surface area contributed by atoms with Gasteiger partial charge in [0, 0.05) is 5.56 Å². The van der Waals surface area contributed by atoms with Crippen LogP contribution in [0.2, 0.25) is 10.0 Å². The van der Waals surface area contributed by atoms with Crippen LogP contribution in [0.4, 0.5) is 5.69 Å². The van der Waals surface area contributed by atoms with E-state index < -0.39 is 16.4 Å². The highest BCUT2D eigenvalue weighted by Gasteiger charge is 2.23. The van der Waals surface area contributed by atoms with Crippen LogP contribution >= 0.6 is 34.8 Å². The summed E-state index contributed by atoms with van der Waals surface area (Å²) in [6, 6.07) is 2.55. The Morgan fingerprint density at radius 1 is 1.40 bits per heavy atom. The Kier molecular flexibility index (Phi) is 3.90. The van der Waals surface area contributed by atoms with E-state index in [1.165, 1.54) is 12.1 Å². The van der Waals surface area contributed by atoms with E-state index in [0.717, 1.165) is 0 Å². The molecule has 0 aromatic heterocycles. The quantitative estimate of drug-likeness (QED) is 0.366. The predicted octanol–water partition coefficient (Wildman–Crippen LogP) is 3.32. The second kappa shape index (κ2) is 4.79. The van der Waals surface area contributed by atoms with Crippen molar-refractivity contribution in [2.24, 2.45) is 0 Å². The van der Waals surface area contributed by atoms with Crippen LogP contribution in [0.1, 0.15) is 10.4 Å². The molecule has 0 radical (unpaired) electrons. The molecule has 1 aromatic rings. The zero-order valence-corrected chi connectivity index (χ0v) is 9.44. The number of nitrogens with zero attached hydrogens (tertiary/aromatic N) is 1. The number of rotatable bonds is 3. The summed E-state index contributed by atoms with van der Waals surface area (Å²) in [5.41, 5.74) is -0.475. The number of benzene rings is 1. The van der Waals surface area contributed by atoms with Crippen LogP contribution in [0.5, 0.6) is 0 Å². The molecule has 0 amide bonds. The molecule has 4 nitrogen and oxygen atoms in total. The van der Waals surface area contributed by atoms with Crippen LogP contribution < -0.4 is 0 Å². The van der Waals surface area contributed by atoms with Gasteiger partial charge in [-0.2, -0.15) is 0 Å². The normalized spacial score (nSPS) is 10.1. The molecular formula is C8H4Cl3NO3. The lowest BCUT2D eigenvalue weighted by molar-refractivity contribution is -0.384. The SMILES string of the molecule is O=C(CCl)c1ccc(Cl)c([N+](=O)[O-])c1Cl. The molecule has 0 atom stereocenters. The number of Topliss-reactive ketones (excluding diaryl/α,β-unsaturated/α-hetero) is 1. The third-order valence-electron chi connectivity index (χ3n) is 1.67. The Morgan fingerprint density at radius 3 is 2.47 bits per heavy atom. The number of nitro benzene ring substituents is 1. The molecule has 0 aliphatic rings. The first-order chi connectivity index (χ1) is 6.99. The van der Waals surface area contributed by atoms with E-state index in [9.17, 15) is 14.9 Å². The van der Waals surface area contributed by atoms with Gasteiger partial charge in [0.1, 0.15) is 10.0 Å². The summed E-state index contributed by atoms with van der Waals surface area (Å²) in [5.74, 6) is -0.778. The van der Waals surface area contributed by atoms with Crippen LogP contribution in [0.3, 0.4) is 0 Å². The summed E-state index contributed by atoms with van der Waals surface area (Å²) in [5, 5.41) is 10.2. The van der Waals surface area contributed by atoms with Crippen molar-refractivity contribution >= 4 is 46.3 Å². The molecular weight excluding hydrogens is 264 g/mol. The molecule has 0 unspecified atom stereocenters. The highest BCUT2D eigenvalue weighted by molar-refractivity contribution is 6.41. The molecule has 15 heavy (non-hydrogen) atoms. The van der Waals surface area contributed by atoms with Crippen molar-refractivity contribution in [1.29, 1.82) is 0 Å². The molecule has 0 aliphatic carbocycles. The first-order valence-electron chi connectivity index (χ1n) is 3.70. The fraction of sp³-hybridized carbons (Fsp3) is 0.125. The van der Waals surface area contributed by atoms with Crippen LogP contribution in [-0.4, -0.2) is 16.6 Å². The van der Waals surface area contributed by atoms with E-state index in [2.05, 4.69) is 0 Å². The standard InChI is InChI=1S/C8H4Cl3NO3/c9-3-6(13)4-1-2-5(10)8(7(4)11)12(14)15/h1-2H,3H2. The Labute approximate surface area is 99.9 Å². The van der Waals surface area contributed by atoms with Gasteiger partial charge < -0.3 is 0 Å². The largest absolute Gasteiger partial charge is 0.307 e. The first-order valence-corrected chi connectivity index (χ1v) is 4.99. The van der Waals surface area contributed by atoms with E-state index in [0.29, 0.717) is 0 Å². The Balaban J connectivity index is 3.41. The number of carbonyl (C=O) groups is 1. The zero-order chi connectivity index (χ0) is 11.6. The number of nitro groups is 1. The third kappa shape index (κ3) is 2.40. The van der Waals surface area contributed by atoms with Crippen molar-refractivity contribution in [3.8, 4) is 0 Å². The lowest BCUT2D eigenvalue weighted by atomic mass is 10.1. The average Bonchev–Trinajstić information content (AvgIpc) is 2.16. The van der Waals surface area contributed by atoms with Crippen molar-refractivity contribution < 1.29 is 9.72 Å². The summed E-state index contributed by atoms with van der Waals surface area (Å²) >= 11 is 16.6. The highest BCUT2D eigenvalue weighted by atomic mass is 35.5. The Bertz CT molecular complexity index is 433. The monoisotopic (exact) mass is 267 g/mol. The number of ketones is 1. The molecule has 0 aliphatic heterocycles. The van der Waals surface area contributed by atoms with Crippen LogP contribution in [0, 0.1) is 10.1 Å². The molecule has 0 fully saturated rings. The van der Waals surface area contributed by atoms with Crippen LogP contribution in [-0.2, 0) is 0 Å². The second-order valence-electron chi connectivity index (χ2n) is 2.57. The third-order valence-corrected chi connectivity index (χ3v) is 2.60. The van der Waals surface area contributed by atoms with Gasteiger partial charge in [0.25, 0.3) is 0 Å². The minimum absolute atomic E-state index is 0.00256. The van der Waals surface area contributed by atoms with Gasteiger partial charge in [0.2, 0.25) is 0 Å². The minimum Gasteiger partial charge on any atom is -0.293 e. The van der Waals surface area contributed by atoms with Gasteiger partial charge in [-0.15, -0.1) is 11.6 Å². The molecule has 0 heterocycles. The molecule has 0 saturated heterocycles. The lowest BCUT2D eigenvalue weighted by Gasteiger charge is -2.02. The number of hydrogen-bond donors (Lipinski definition) is 0. The van der Waals surface area contributed by atoms with Gasteiger partial charge in [-0.25, -0.2) is 0 Å². The van der Waals surface area contributed by atoms with Gasteiger partial charge in [-0.05, 0) is 12.1 Å². The van der Waals surface area contributed by atoms with Gasteiger partial charge in [0.15, 0.2) is 5.78 Å². The number of halogens is 3. The maximum atomic E-state index is 11.2. The van der Waals surface area contributed by atoms with Crippen molar-refractivity contribution in [2.75, 3.05) is 5.88 Å². The molecule has 80 valence electrons. The smallest absolute Gasteiger partial charge is 0.293 e. The molecule has 0 N–H and O–H groups in total. The minimum atomic E-state index is -0.740. The molecule has 0 bridgehead atoms. The summed E-state index contributed by atoms with van der Waals surface area (Å²) in [7, 11) is 0. The van der Waals surface area contributed by atoms with Crippen molar-refractivity contribution in [1.82, 2.24) is 0 Å². The first kappa shape index (κ1) is 12.2. The van der Waals surface area contributed by atoms with E-state index in [-0.39, 0.29) is 21.5 Å². The summed E-state index contributed by atoms with van der Waals surface area (Å²) < 4.78 is 0. The second-order valence-corrected chi connectivity index (χ2v) is 3.62. The number of alkyl halides is 1. The van der Waals surface area contributed by atoms with Crippen LogP contribution in [0.25, 0.3) is 0 Å².